The van der Waals surface area contributed by atoms with E-state index in [9.17, 15) is 10.2 Å². The summed E-state index contributed by atoms with van der Waals surface area (Å²) in [5.74, 6) is 0. The summed E-state index contributed by atoms with van der Waals surface area (Å²) >= 11 is 0. The molecule has 124 valence electrons. The van der Waals surface area contributed by atoms with Crippen molar-refractivity contribution in [3.05, 3.63) is 12.2 Å². The highest BCUT2D eigenvalue weighted by Gasteiger charge is 2.40. The van der Waals surface area contributed by atoms with Gasteiger partial charge in [-0.15, -0.1) is 0 Å². The van der Waals surface area contributed by atoms with E-state index in [-0.39, 0.29) is 6.61 Å². The first-order valence-electron chi connectivity index (χ1n) is 8.05. The van der Waals surface area contributed by atoms with Crippen LogP contribution in [0.3, 0.4) is 0 Å². The lowest BCUT2D eigenvalue weighted by atomic mass is 10.1. The van der Waals surface area contributed by atoms with Gasteiger partial charge >= 0.3 is 0 Å². The largest absolute Gasteiger partial charge is 0.394 e. The van der Waals surface area contributed by atoms with Crippen LogP contribution in [-0.2, 0) is 9.47 Å². The van der Waals surface area contributed by atoms with Gasteiger partial charge in [0.2, 0.25) is 0 Å². The Morgan fingerprint density at radius 2 is 2.00 bits per heavy atom. The van der Waals surface area contributed by atoms with Crippen LogP contribution in [0.25, 0.3) is 0 Å². The second-order valence-corrected chi connectivity index (χ2v) is 5.58. The summed E-state index contributed by atoms with van der Waals surface area (Å²) in [6.45, 7) is 2.46. The summed E-state index contributed by atoms with van der Waals surface area (Å²) in [6, 6.07) is 0. The third kappa shape index (κ3) is 6.89. The molecule has 1 fully saturated rings. The molecule has 3 N–H and O–H groups in total. The Morgan fingerprint density at radius 3 is 2.71 bits per heavy atom. The van der Waals surface area contributed by atoms with Gasteiger partial charge in [-0.3, -0.25) is 0 Å². The normalized spacial score (nSPS) is 27.5. The van der Waals surface area contributed by atoms with Crippen LogP contribution in [0, 0.1) is 0 Å². The van der Waals surface area contributed by atoms with Crippen molar-refractivity contribution in [2.24, 2.45) is 0 Å². The van der Waals surface area contributed by atoms with E-state index in [1.165, 1.54) is 32.1 Å². The average molecular weight is 302 g/mol. The van der Waals surface area contributed by atoms with Crippen LogP contribution in [0.15, 0.2) is 12.2 Å². The molecule has 5 heteroatoms. The molecule has 4 atom stereocenters. The summed E-state index contributed by atoms with van der Waals surface area (Å²) < 4.78 is 10.8. The molecule has 0 saturated carbocycles. The van der Waals surface area contributed by atoms with Gasteiger partial charge in [0, 0.05) is 0 Å². The molecule has 0 aromatic carbocycles. The minimum absolute atomic E-state index is 0.244. The Labute approximate surface area is 127 Å². The molecule has 0 aromatic heterocycles. The first-order valence-corrected chi connectivity index (χ1v) is 8.05. The fraction of sp³-hybridized carbons (Fsp3) is 0.875. The van der Waals surface area contributed by atoms with Gasteiger partial charge in [0.05, 0.1) is 19.8 Å². The highest BCUT2D eigenvalue weighted by molar-refractivity contribution is 4.90. The first-order chi connectivity index (χ1) is 10.2. The summed E-state index contributed by atoms with van der Waals surface area (Å²) in [5.41, 5.74) is 0. The molecule has 1 aliphatic heterocycles. The van der Waals surface area contributed by atoms with Crippen molar-refractivity contribution in [3.8, 4) is 0 Å². The van der Waals surface area contributed by atoms with E-state index in [2.05, 4.69) is 13.0 Å². The molecular weight excluding hydrogens is 272 g/mol. The standard InChI is InChI=1S/C16H30O5/c1-2-3-4-5-6-7-8-9-10-20-14-12-21-16(15(14)19)13(18)11-17/h8-9,13-19H,2-7,10-12H2,1H3/b9-8+/t13-,14+,15-,16-/m0/s1. The molecule has 0 radical (unpaired) electrons. The van der Waals surface area contributed by atoms with Gasteiger partial charge in [0.15, 0.2) is 0 Å². The highest BCUT2D eigenvalue weighted by atomic mass is 16.6. The minimum atomic E-state index is -1.06. The zero-order chi connectivity index (χ0) is 15.5. The van der Waals surface area contributed by atoms with Crippen molar-refractivity contribution in [1.29, 1.82) is 0 Å². The summed E-state index contributed by atoms with van der Waals surface area (Å²) in [7, 11) is 0. The Kier molecular flexibility index (Phi) is 9.87. The Morgan fingerprint density at radius 1 is 1.24 bits per heavy atom. The maximum Gasteiger partial charge on any atom is 0.114 e. The number of hydrogen-bond donors (Lipinski definition) is 3. The van der Waals surface area contributed by atoms with Crippen molar-refractivity contribution in [3.63, 3.8) is 0 Å². The fourth-order valence-electron chi connectivity index (χ4n) is 2.43. The van der Waals surface area contributed by atoms with Gasteiger partial charge in [-0.1, -0.05) is 44.8 Å². The molecule has 0 amide bonds. The Balaban J connectivity index is 2.07. The maximum atomic E-state index is 9.93. The molecule has 1 heterocycles. The molecule has 1 rings (SSSR count). The third-order valence-electron chi connectivity index (χ3n) is 3.78. The lowest BCUT2D eigenvalue weighted by molar-refractivity contribution is -0.0716. The fourth-order valence-corrected chi connectivity index (χ4v) is 2.43. The smallest absolute Gasteiger partial charge is 0.114 e. The molecule has 1 saturated heterocycles. The lowest BCUT2D eigenvalue weighted by Crippen LogP contribution is -2.41. The topological polar surface area (TPSA) is 79.2 Å². The molecular formula is C16H30O5. The predicted octanol–water partition coefficient (Wildman–Crippen LogP) is 1.40. The van der Waals surface area contributed by atoms with Gasteiger partial charge < -0.3 is 24.8 Å². The van der Waals surface area contributed by atoms with Crippen LogP contribution in [0.4, 0.5) is 0 Å². The molecule has 21 heavy (non-hydrogen) atoms. The molecule has 1 aliphatic rings. The zero-order valence-corrected chi connectivity index (χ0v) is 13.0. The van der Waals surface area contributed by atoms with Crippen molar-refractivity contribution in [2.75, 3.05) is 19.8 Å². The number of unbranched alkanes of at least 4 members (excludes halogenated alkanes) is 5. The number of hydrogen-bond acceptors (Lipinski definition) is 5. The van der Waals surface area contributed by atoms with Gasteiger partial charge in [-0.05, 0) is 12.8 Å². The molecule has 5 nitrogen and oxygen atoms in total. The second-order valence-electron chi connectivity index (χ2n) is 5.58. The molecule has 0 unspecified atom stereocenters. The number of ether oxygens (including phenoxy) is 2. The summed E-state index contributed by atoms with van der Waals surface area (Å²) in [4.78, 5) is 0. The Bertz CT molecular complexity index is 282. The maximum absolute atomic E-state index is 9.93. The van der Waals surface area contributed by atoms with Gasteiger partial charge in [0.1, 0.15) is 24.4 Å². The van der Waals surface area contributed by atoms with Crippen LogP contribution >= 0.6 is 0 Å². The van der Waals surface area contributed by atoms with Crippen molar-refractivity contribution >= 4 is 0 Å². The second kappa shape index (κ2) is 11.2. The van der Waals surface area contributed by atoms with Gasteiger partial charge in [-0.25, -0.2) is 0 Å². The average Bonchev–Trinajstić information content (AvgIpc) is 2.86. The number of allylic oxidation sites excluding steroid dienone is 1. The lowest BCUT2D eigenvalue weighted by Gasteiger charge is -2.20. The van der Waals surface area contributed by atoms with Crippen LogP contribution < -0.4 is 0 Å². The highest BCUT2D eigenvalue weighted by Crippen LogP contribution is 2.20. The van der Waals surface area contributed by atoms with Crippen molar-refractivity contribution < 1.29 is 24.8 Å². The molecule has 0 aliphatic carbocycles. The summed E-state index contributed by atoms with van der Waals surface area (Å²) in [5, 5.41) is 28.3. The van der Waals surface area contributed by atoms with E-state index in [1.54, 1.807) is 0 Å². The number of aliphatic hydroxyl groups excluding tert-OH is 3. The van der Waals surface area contributed by atoms with E-state index in [0.29, 0.717) is 6.61 Å². The summed E-state index contributed by atoms with van der Waals surface area (Å²) in [6.07, 6.45) is 8.33. The van der Waals surface area contributed by atoms with E-state index in [1.807, 2.05) is 6.08 Å². The molecule has 0 aromatic rings. The predicted molar refractivity (Wildman–Crippen MR) is 81.1 cm³/mol. The zero-order valence-electron chi connectivity index (χ0n) is 13.0. The van der Waals surface area contributed by atoms with Crippen LogP contribution in [0.1, 0.15) is 45.4 Å². The van der Waals surface area contributed by atoms with Crippen molar-refractivity contribution in [1.82, 2.24) is 0 Å². The van der Waals surface area contributed by atoms with Crippen LogP contribution in [-0.4, -0.2) is 59.6 Å². The Hall–Kier alpha value is -0.460. The van der Waals surface area contributed by atoms with E-state index in [0.717, 1.165) is 6.42 Å². The first kappa shape index (κ1) is 18.6. The minimum Gasteiger partial charge on any atom is -0.394 e. The quantitative estimate of drug-likeness (QED) is 0.397. The van der Waals surface area contributed by atoms with Crippen LogP contribution in [0.2, 0.25) is 0 Å². The monoisotopic (exact) mass is 302 g/mol. The van der Waals surface area contributed by atoms with Crippen molar-refractivity contribution in [2.45, 2.75) is 69.9 Å². The molecule has 0 bridgehead atoms. The SMILES string of the molecule is CCCCCCC/C=C/CO[C@@H]1CO[C@@H]([C@@H](O)CO)[C@H]1O. The number of rotatable bonds is 11. The molecule has 0 spiro atoms. The van der Waals surface area contributed by atoms with E-state index in [4.69, 9.17) is 14.6 Å². The third-order valence-corrected chi connectivity index (χ3v) is 3.78. The van der Waals surface area contributed by atoms with E-state index < -0.39 is 31.0 Å². The van der Waals surface area contributed by atoms with Crippen LogP contribution in [0.5, 0.6) is 0 Å². The van der Waals surface area contributed by atoms with Gasteiger partial charge in [-0.2, -0.15) is 0 Å². The van der Waals surface area contributed by atoms with Gasteiger partial charge in [0.25, 0.3) is 0 Å². The number of aliphatic hydroxyl groups is 3. The van der Waals surface area contributed by atoms with E-state index >= 15 is 0 Å².